The summed E-state index contributed by atoms with van der Waals surface area (Å²) in [6, 6.07) is 15.7. The van der Waals surface area contributed by atoms with E-state index in [1.165, 1.54) is 5.56 Å². The largest absolute Gasteiger partial charge is 0.339 e. The molecule has 1 unspecified atom stereocenters. The van der Waals surface area contributed by atoms with Crippen molar-refractivity contribution in [3.63, 3.8) is 0 Å². The van der Waals surface area contributed by atoms with Gasteiger partial charge < -0.3 is 15.1 Å². The topological polar surface area (TPSA) is 52.7 Å². The summed E-state index contributed by atoms with van der Waals surface area (Å²) in [7, 11) is 0. The fourth-order valence-electron chi connectivity index (χ4n) is 3.33. The van der Waals surface area contributed by atoms with Gasteiger partial charge in [0.15, 0.2) is 0 Å². The summed E-state index contributed by atoms with van der Waals surface area (Å²) >= 11 is 3.53. The standard InChI is InChI=1S/C22H26BrN3O2/c1-16-7-9-18(10-8-16)15-21(27)25-11-13-26(14-12-25)22(28)24-17(2)19-5-3-4-6-20(19)23/h3-10,17H,11-15H2,1-2H3,(H,24,28). The number of benzene rings is 2. The third-order valence-electron chi connectivity index (χ3n) is 5.11. The quantitative estimate of drug-likeness (QED) is 0.778. The molecule has 1 aliphatic heterocycles. The molecule has 28 heavy (non-hydrogen) atoms. The van der Waals surface area contributed by atoms with Gasteiger partial charge in [-0.2, -0.15) is 0 Å². The molecule has 2 aromatic rings. The van der Waals surface area contributed by atoms with Crippen molar-refractivity contribution < 1.29 is 9.59 Å². The van der Waals surface area contributed by atoms with E-state index in [4.69, 9.17) is 0 Å². The van der Waals surface area contributed by atoms with Crippen molar-refractivity contribution in [1.82, 2.24) is 15.1 Å². The average molecular weight is 444 g/mol. The van der Waals surface area contributed by atoms with Crippen LogP contribution in [0.5, 0.6) is 0 Å². The summed E-state index contributed by atoms with van der Waals surface area (Å²) in [6.45, 7) is 6.25. The molecular weight excluding hydrogens is 418 g/mol. The van der Waals surface area contributed by atoms with Gasteiger partial charge in [-0.05, 0) is 31.0 Å². The van der Waals surface area contributed by atoms with Crippen molar-refractivity contribution >= 4 is 27.9 Å². The second-order valence-electron chi connectivity index (χ2n) is 7.22. The first-order valence-corrected chi connectivity index (χ1v) is 10.4. The highest BCUT2D eigenvalue weighted by Gasteiger charge is 2.25. The molecule has 3 rings (SSSR count). The lowest BCUT2D eigenvalue weighted by atomic mass is 10.1. The number of piperazine rings is 1. The van der Waals surface area contributed by atoms with Crippen molar-refractivity contribution in [3.05, 3.63) is 69.7 Å². The van der Waals surface area contributed by atoms with Gasteiger partial charge in [-0.15, -0.1) is 0 Å². The lowest BCUT2D eigenvalue weighted by Gasteiger charge is -2.35. The molecule has 0 aliphatic carbocycles. The molecule has 0 aromatic heterocycles. The molecule has 1 heterocycles. The number of carbonyl (C=O) groups excluding carboxylic acids is 2. The van der Waals surface area contributed by atoms with Crippen molar-refractivity contribution in [2.24, 2.45) is 0 Å². The Kier molecular flexibility index (Phi) is 6.73. The van der Waals surface area contributed by atoms with E-state index in [-0.39, 0.29) is 18.0 Å². The van der Waals surface area contributed by atoms with Gasteiger partial charge in [-0.1, -0.05) is 64.0 Å². The Morgan fingerprint density at radius 3 is 2.25 bits per heavy atom. The van der Waals surface area contributed by atoms with Crippen molar-refractivity contribution in [1.29, 1.82) is 0 Å². The van der Waals surface area contributed by atoms with Crippen LogP contribution in [-0.2, 0) is 11.2 Å². The Bertz CT molecular complexity index is 830. The molecule has 0 bridgehead atoms. The van der Waals surface area contributed by atoms with E-state index >= 15 is 0 Å². The van der Waals surface area contributed by atoms with E-state index in [0.717, 1.165) is 15.6 Å². The number of hydrogen-bond acceptors (Lipinski definition) is 2. The highest BCUT2D eigenvalue weighted by molar-refractivity contribution is 9.10. The maximum Gasteiger partial charge on any atom is 0.317 e. The molecule has 2 aromatic carbocycles. The van der Waals surface area contributed by atoms with Crippen LogP contribution in [0.25, 0.3) is 0 Å². The van der Waals surface area contributed by atoms with E-state index in [0.29, 0.717) is 32.6 Å². The molecule has 1 atom stereocenters. The Balaban J connectivity index is 1.49. The Hall–Kier alpha value is -2.34. The Labute approximate surface area is 174 Å². The first-order valence-electron chi connectivity index (χ1n) is 9.57. The van der Waals surface area contributed by atoms with Crippen molar-refractivity contribution in [3.8, 4) is 0 Å². The minimum Gasteiger partial charge on any atom is -0.339 e. The molecule has 6 heteroatoms. The Morgan fingerprint density at radius 1 is 1.00 bits per heavy atom. The van der Waals surface area contributed by atoms with Gasteiger partial charge in [-0.3, -0.25) is 4.79 Å². The second-order valence-corrected chi connectivity index (χ2v) is 8.08. The summed E-state index contributed by atoms with van der Waals surface area (Å²) in [5, 5.41) is 3.05. The highest BCUT2D eigenvalue weighted by atomic mass is 79.9. The molecule has 0 saturated carbocycles. The van der Waals surface area contributed by atoms with E-state index in [9.17, 15) is 9.59 Å². The van der Waals surface area contributed by atoms with Crippen LogP contribution in [-0.4, -0.2) is 47.9 Å². The van der Waals surface area contributed by atoms with Crippen LogP contribution in [0.2, 0.25) is 0 Å². The van der Waals surface area contributed by atoms with Gasteiger partial charge in [0, 0.05) is 30.7 Å². The number of nitrogens with one attached hydrogen (secondary N) is 1. The number of halogens is 1. The fraction of sp³-hybridized carbons (Fsp3) is 0.364. The van der Waals surface area contributed by atoms with Crippen LogP contribution < -0.4 is 5.32 Å². The monoisotopic (exact) mass is 443 g/mol. The summed E-state index contributed by atoms with van der Waals surface area (Å²) in [5.41, 5.74) is 3.26. The number of rotatable bonds is 4. The molecule has 148 valence electrons. The lowest BCUT2D eigenvalue weighted by molar-refractivity contribution is -0.131. The van der Waals surface area contributed by atoms with Gasteiger partial charge in [0.05, 0.1) is 12.5 Å². The van der Waals surface area contributed by atoms with E-state index in [1.807, 2.05) is 67.3 Å². The van der Waals surface area contributed by atoms with E-state index in [1.54, 1.807) is 4.90 Å². The molecule has 0 spiro atoms. The lowest BCUT2D eigenvalue weighted by Crippen LogP contribution is -2.53. The van der Waals surface area contributed by atoms with Gasteiger partial charge in [-0.25, -0.2) is 4.79 Å². The SMILES string of the molecule is Cc1ccc(CC(=O)N2CCN(C(=O)NC(C)c3ccccc3Br)CC2)cc1. The number of hydrogen-bond donors (Lipinski definition) is 1. The first kappa shape index (κ1) is 20.4. The zero-order valence-electron chi connectivity index (χ0n) is 16.3. The van der Waals surface area contributed by atoms with Gasteiger partial charge in [0.25, 0.3) is 0 Å². The summed E-state index contributed by atoms with van der Waals surface area (Å²) in [4.78, 5) is 28.7. The van der Waals surface area contributed by atoms with Crippen LogP contribution in [0.4, 0.5) is 4.79 Å². The molecule has 1 aliphatic rings. The van der Waals surface area contributed by atoms with Crippen LogP contribution in [0, 0.1) is 6.92 Å². The van der Waals surface area contributed by atoms with Crippen LogP contribution in [0.3, 0.4) is 0 Å². The normalized spacial score (nSPS) is 15.2. The Morgan fingerprint density at radius 2 is 1.61 bits per heavy atom. The average Bonchev–Trinajstić information content (AvgIpc) is 2.70. The number of carbonyl (C=O) groups is 2. The molecule has 1 saturated heterocycles. The third kappa shape index (κ3) is 5.13. The zero-order valence-corrected chi connectivity index (χ0v) is 17.9. The highest BCUT2D eigenvalue weighted by Crippen LogP contribution is 2.23. The predicted octanol–water partition coefficient (Wildman–Crippen LogP) is 3.92. The van der Waals surface area contributed by atoms with Gasteiger partial charge >= 0.3 is 6.03 Å². The molecule has 1 N–H and O–H groups in total. The van der Waals surface area contributed by atoms with Crippen molar-refractivity contribution in [2.45, 2.75) is 26.3 Å². The molecule has 3 amide bonds. The molecule has 0 radical (unpaired) electrons. The van der Waals surface area contributed by atoms with Crippen molar-refractivity contribution in [2.75, 3.05) is 26.2 Å². The smallest absolute Gasteiger partial charge is 0.317 e. The van der Waals surface area contributed by atoms with Crippen LogP contribution in [0.15, 0.2) is 53.0 Å². The number of urea groups is 1. The first-order chi connectivity index (χ1) is 13.4. The van der Waals surface area contributed by atoms with E-state index in [2.05, 4.69) is 21.2 Å². The molecular formula is C22H26BrN3O2. The van der Waals surface area contributed by atoms with Gasteiger partial charge in [0.2, 0.25) is 5.91 Å². The summed E-state index contributed by atoms with van der Waals surface area (Å²) in [6.07, 6.45) is 0.408. The maximum absolute atomic E-state index is 12.6. The molecule has 5 nitrogen and oxygen atoms in total. The summed E-state index contributed by atoms with van der Waals surface area (Å²) in [5.74, 6) is 0.116. The second kappa shape index (κ2) is 9.24. The minimum atomic E-state index is -0.0933. The zero-order chi connectivity index (χ0) is 20.1. The summed E-state index contributed by atoms with van der Waals surface area (Å²) < 4.78 is 0.981. The number of amides is 3. The van der Waals surface area contributed by atoms with Crippen LogP contribution in [0.1, 0.15) is 29.7 Å². The predicted molar refractivity (Wildman–Crippen MR) is 114 cm³/mol. The third-order valence-corrected chi connectivity index (χ3v) is 5.83. The van der Waals surface area contributed by atoms with Crippen LogP contribution >= 0.6 is 15.9 Å². The molecule has 1 fully saturated rings. The maximum atomic E-state index is 12.6. The number of aryl methyl sites for hydroxylation is 1. The minimum absolute atomic E-state index is 0.0890. The van der Waals surface area contributed by atoms with Gasteiger partial charge in [0.1, 0.15) is 0 Å². The van der Waals surface area contributed by atoms with E-state index < -0.39 is 0 Å². The fourth-order valence-corrected chi connectivity index (χ4v) is 3.96. The number of nitrogens with zero attached hydrogens (tertiary/aromatic N) is 2.